The van der Waals surface area contributed by atoms with E-state index < -0.39 is 11.6 Å². The fourth-order valence-electron chi connectivity index (χ4n) is 7.32. The molecule has 3 nitrogen and oxygen atoms in total. The van der Waals surface area contributed by atoms with Gasteiger partial charge in [0, 0.05) is 30.9 Å². The topological polar surface area (TPSA) is 28.0 Å². The summed E-state index contributed by atoms with van der Waals surface area (Å²) in [6.07, 6.45) is 9.33. The molecule has 2 aliphatic heterocycles. The van der Waals surface area contributed by atoms with Crippen LogP contribution in [-0.4, -0.2) is 42.3 Å². The van der Waals surface area contributed by atoms with Crippen LogP contribution in [0.25, 0.3) is 5.57 Å². The SMILES string of the molecule is C=C(N1CCC(c2ccc(C)c(/C(=C(CCC)/C3=C/CCC4CC(=NC=N4)/C(C)=C\3)C(C)C)c2)CC1)C1(C(F)(F)F)CC1. The van der Waals surface area contributed by atoms with Gasteiger partial charge in [0.2, 0.25) is 0 Å². The Morgan fingerprint density at radius 1 is 1.12 bits per heavy atom. The summed E-state index contributed by atoms with van der Waals surface area (Å²) in [5.74, 6) is 0.663. The molecule has 1 aromatic carbocycles. The van der Waals surface area contributed by atoms with E-state index in [9.17, 15) is 13.2 Å². The van der Waals surface area contributed by atoms with E-state index in [2.05, 4.69) is 81.5 Å². The Morgan fingerprint density at radius 2 is 1.84 bits per heavy atom. The first-order chi connectivity index (χ1) is 20.4. The molecule has 2 fully saturated rings. The molecule has 232 valence electrons. The predicted octanol–water partition coefficient (Wildman–Crippen LogP) is 10.1. The second kappa shape index (κ2) is 12.6. The van der Waals surface area contributed by atoms with Crippen molar-refractivity contribution in [1.82, 2.24) is 4.90 Å². The van der Waals surface area contributed by atoms with E-state index in [0.717, 1.165) is 50.7 Å². The van der Waals surface area contributed by atoms with E-state index in [4.69, 9.17) is 0 Å². The van der Waals surface area contributed by atoms with Crippen LogP contribution in [0, 0.1) is 18.3 Å². The number of hydrogen-bond donors (Lipinski definition) is 0. The van der Waals surface area contributed by atoms with Crippen LogP contribution >= 0.6 is 0 Å². The fraction of sp³-hybridized carbons (Fsp3) is 0.568. The molecular weight excluding hydrogens is 543 g/mol. The van der Waals surface area contributed by atoms with Crippen LogP contribution in [0.3, 0.4) is 0 Å². The number of halogens is 3. The standard InChI is InChI=1S/C37H48F3N3/c1-7-9-32(30-10-8-11-31-22-34(26(5)20-30)42-23-41-31)35(24(2)3)33-21-29(13-12-25(33)4)28-14-18-43(19-15-28)27(6)36(16-17-36)37(38,39)40/h10,12-13,20-21,23-24,28,31H,6-9,11,14-19,22H2,1-5H3/b26-20-,30-10+,35-32+. The van der Waals surface area contributed by atoms with Gasteiger partial charge in [-0.25, -0.2) is 4.99 Å². The Hall–Kier alpha value is -2.89. The minimum atomic E-state index is -4.21. The van der Waals surface area contributed by atoms with Crippen LogP contribution in [0.1, 0.15) is 108 Å². The number of alkyl halides is 3. The Bertz CT molecular complexity index is 1380. The molecular formula is C37H48F3N3. The monoisotopic (exact) mass is 591 g/mol. The average Bonchev–Trinajstić information content (AvgIpc) is 3.79. The normalized spacial score (nSPS) is 25.5. The first-order valence-electron chi connectivity index (χ1n) is 16.3. The molecule has 2 bridgehead atoms. The van der Waals surface area contributed by atoms with Gasteiger partial charge < -0.3 is 4.90 Å². The van der Waals surface area contributed by atoms with Crippen molar-refractivity contribution in [3.63, 3.8) is 0 Å². The van der Waals surface area contributed by atoms with E-state index in [-0.39, 0.29) is 18.5 Å². The number of allylic oxidation sites excluding steroid dienone is 7. The Labute approximate surface area is 256 Å². The van der Waals surface area contributed by atoms with Crippen LogP contribution < -0.4 is 0 Å². The van der Waals surface area contributed by atoms with Crippen molar-refractivity contribution in [3.8, 4) is 0 Å². The van der Waals surface area contributed by atoms with Crippen molar-refractivity contribution < 1.29 is 13.2 Å². The number of fused-ring (bicyclic) bond motifs is 2. The lowest BCUT2D eigenvalue weighted by Crippen LogP contribution is -2.39. The highest BCUT2D eigenvalue weighted by atomic mass is 19.4. The molecule has 1 saturated heterocycles. The highest BCUT2D eigenvalue weighted by Crippen LogP contribution is 2.62. The zero-order chi connectivity index (χ0) is 30.9. The first-order valence-corrected chi connectivity index (χ1v) is 16.3. The van der Waals surface area contributed by atoms with Crippen LogP contribution in [0.4, 0.5) is 13.2 Å². The lowest BCUT2D eigenvalue weighted by atomic mass is 9.80. The van der Waals surface area contributed by atoms with Crippen LogP contribution in [0.2, 0.25) is 0 Å². The quantitative estimate of drug-likeness (QED) is 0.296. The molecule has 43 heavy (non-hydrogen) atoms. The molecule has 0 radical (unpaired) electrons. The summed E-state index contributed by atoms with van der Waals surface area (Å²) in [4.78, 5) is 11.1. The van der Waals surface area contributed by atoms with Gasteiger partial charge in [0.25, 0.3) is 0 Å². The lowest BCUT2D eigenvalue weighted by Gasteiger charge is -2.38. The highest BCUT2D eigenvalue weighted by Gasteiger charge is 2.66. The molecule has 6 heteroatoms. The number of rotatable bonds is 8. The van der Waals surface area contributed by atoms with Crippen LogP contribution in [0.15, 0.2) is 69.3 Å². The van der Waals surface area contributed by atoms with Gasteiger partial charge in [-0.1, -0.05) is 64.1 Å². The number of aliphatic imine (C=N–C) groups is 2. The molecule has 5 rings (SSSR count). The predicted molar refractivity (Wildman–Crippen MR) is 174 cm³/mol. The molecule has 2 heterocycles. The van der Waals surface area contributed by atoms with Gasteiger partial charge in [-0.2, -0.15) is 13.2 Å². The highest BCUT2D eigenvalue weighted by molar-refractivity contribution is 6.05. The van der Waals surface area contributed by atoms with E-state index in [0.29, 0.717) is 31.0 Å². The second-order valence-electron chi connectivity index (χ2n) is 13.4. The van der Waals surface area contributed by atoms with Crippen LogP contribution in [-0.2, 0) is 0 Å². The van der Waals surface area contributed by atoms with Crippen LogP contribution in [0.5, 0.6) is 0 Å². The van der Waals surface area contributed by atoms with E-state index in [1.807, 2.05) is 4.90 Å². The Balaban J connectivity index is 1.45. The number of aryl methyl sites for hydroxylation is 1. The molecule has 0 amide bonds. The van der Waals surface area contributed by atoms with Gasteiger partial charge in [-0.15, -0.1) is 0 Å². The summed E-state index contributed by atoms with van der Waals surface area (Å²) in [6, 6.07) is 7.19. The van der Waals surface area contributed by atoms with Crippen molar-refractivity contribution in [3.05, 3.63) is 76.0 Å². The summed E-state index contributed by atoms with van der Waals surface area (Å²) in [5, 5.41) is 0. The van der Waals surface area contributed by atoms with Gasteiger partial charge in [0.1, 0.15) is 11.8 Å². The molecule has 0 aromatic heterocycles. The fourth-order valence-corrected chi connectivity index (χ4v) is 7.32. The van der Waals surface area contributed by atoms with Crippen molar-refractivity contribution in [2.75, 3.05) is 13.1 Å². The number of nitrogens with zero attached hydrogens (tertiary/aromatic N) is 3. The molecule has 1 saturated carbocycles. The summed E-state index contributed by atoms with van der Waals surface area (Å²) >= 11 is 0. The van der Waals surface area contributed by atoms with Gasteiger partial charge >= 0.3 is 6.18 Å². The number of likely N-dealkylation sites (tertiary alicyclic amines) is 1. The smallest absolute Gasteiger partial charge is 0.375 e. The van der Waals surface area contributed by atoms with Gasteiger partial charge in [-0.3, -0.25) is 4.99 Å². The van der Waals surface area contributed by atoms with Crippen molar-refractivity contribution >= 4 is 17.6 Å². The van der Waals surface area contributed by atoms with Crippen molar-refractivity contribution in [2.24, 2.45) is 21.3 Å². The largest absolute Gasteiger partial charge is 0.399 e. The number of piperidine rings is 1. The summed E-state index contributed by atoms with van der Waals surface area (Å²) in [5.41, 5.74) is 8.98. The Morgan fingerprint density at radius 3 is 2.47 bits per heavy atom. The molecule has 0 N–H and O–H groups in total. The molecule has 0 spiro atoms. The average molecular weight is 592 g/mol. The minimum Gasteiger partial charge on any atom is -0.375 e. The third-order valence-electron chi connectivity index (χ3n) is 10.1. The zero-order valence-electron chi connectivity index (χ0n) is 26.7. The molecule has 2 aliphatic carbocycles. The minimum absolute atomic E-state index is 0.175. The lowest BCUT2D eigenvalue weighted by molar-refractivity contribution is -0.180. The molecule has 1 aromatic rings. The maximum atomic E-state index is 13.8. The van der Waals surface area contributed by atoms with Crippen molar-refractivity contribution in [2.45, 2.75) is 111 Å². The number of benzene rings is 1. The molecule has 1 atom stereocenters. The maximum absolute atomic E-state index is 13.8. The maximum Gasteiger partial charge on any atom is 0.399 e. The zero-order valence-corrected chi connectivity index (χ0v) is 26.7. The molecule has 1 unspecified atom stereocenters. The third-order valence-corrected chi connectivity index (χ3v) is 10.1. The summed E-state index contributed by atoms with van der Waals surface area (Å²) in [7, 11) is 0. The number of hydrogen-bond acceptors (Lipinski definition) is 3. The van der Waals surface area contributed by atoms with Gasteiger partial charge in [-0.05, 0) is 110 Å². The summed E-state index contributed by atoms with van der Waals surface area (Å²) < 4.78 is 41.3. The second-order valence-corrected chi connectivity index (χ2v) is 13.4. The van der Waals surface area contributed by atoms with Gasteiger partial charge in [0.05, 0.1) is 6.04 Å². The van der Waals surface area contributed by atoms with E-state index in [1.54, 1.807) is 6.34 Å². The first kappa shape index (κ1) is 31.5. The van der Waals surface area contributed by atoms with E-state index >= 15 is 0 Å². The molecule has 4 aliphatic rings. The Kier molecular flexibility index (Phi) is 9.25. The van der Waals surface area contributed by atoms with Gasteiger partial charge in [0.15, 0.2) is 0 Å². The van der Waals surface area contributed by atoms with Crippen molar-refractivity contribution in [1.29, 1.82) is 0 Å². The summed E-state index contributed by atoms with van der Waals surface area (Å²) in [6.45, 7) is 16.4. The third kappa shape index (κ3) is 6.49. The van der Waals surface area contributed by atoms with E-state index in [1.165, 1.54) is 39.0 Å².